The zero-order valence-electron chi connectivity index (χ0n) is 10.2. The summed E-state index contributed by atoms with van der Waals surface area (Å²) in [6, 6.07) is 6.28. The lowest BCUT2D eigenvalue weighted by Gasteiger charge is -2.14. The van der Waals surface area contributed by atoms with Crippen LogP contribution in [0, 0.1) is 0 Å². The van der Waals surface area contributed by atoms with E-state index in [1.165, 1.54) is 5.56 Å². The lowest BCUT2D eigenvalue weighted by Crippen LogP contribution is -2.21. The molecule has 16 heavy (non-hydrogen) atoms. The first-order valence-electron chi connectivity index (χ1n) is 5.73. The van der Waals surface area contributed by atoms with Gasteiger partial charge in [0.05, 0.1) is 6.10 Å². The summed E-state index contributed by atoms with van der Waals surface area (Å²) in [4.78, 5) is 0. The van der Waals surface area contributed by atoms with Crippen LogP contribution in [-0.4, -0.2) is 12.1 Å². The zero-order valence-corrected chi connectivity index (χ0v) is 11.8. The average molecular weight is 286 g/mol. The van der Waals surface area contributed by atoms with Crippen molar-refractivity contribution >= 4 is 15.9 Å². The molecule has 1 atom stereocenters. The highest BCUT2D eigenvalue weighted by molar-refractivity contribution is 9.10. The molecule has 0 saturated carbocycles. The van der Waals surface area contributed by atoms with Gasteiger partial charge in [-0.25, -0.2) is 0 Å². The molecular weight excluding hydrogens is 266 g/mol. The largest absolute Gasteiger partial charge is 0.491 e. The van der Waals surface area contributed by atoms with Gasteiger partial charge in [0.25, 0.3) is 0 Å². The van der Waals surface area contributed by atoms with Crippen molar-refractivity contribution in [1.82, 2.24) is 0 Å². The molecule has 1 unspecified atom stereocenters. The summed E-state index contributed by atoms with van der Waals surface area (Å²) in [6.07, 6.45) is 2.07. The van der Waals surface area contributed by atoms with Gasteiger partial charge in [0.1, 0.15) is 5.75 Å². The summed E-state index contributed by atoms with van der Waals surface area (Å²) in [5.41, 5.74) is 7.18. The first kappa shape index (κ1) is 13.5. The molecule has 90 valence electrons. The molecule has 2 nitrogen and oxygen atoms in total. The van der Waals surface area contributed by atoms with E-state index >= 15 is 0 Å². The Morgan fingerprint density at radius 2 is 2.06 bits per heavy atom. The first-order valence-corrected chi connectivity index (χ1v) is 6.53. The lowest BCUT2D eigenvalue weighted by atomic mass is 10.0. The Balaban J connectivity index is 2.81. The third kappa shape index (κ3) is 4.14. The van der Waals surface area contributed by atoms with Gasteiger partial charge >= 0.3 is 0 Å². The van der Waals surface area contributed by atoms with Crippen molar-refractivity contribution in [3.63, 3.8) is 0 Å². The van der Waals surface area contributed by atoms with Crippen LogP contribution < -0.4 is 10.5 Å². The number of benzene rings is 1. The molecule has 0 fully saturated rings. The van der Waals surface area contributed by atoms with Crippen LogP contribution in [0.3, 0.4) is 0 Å². The number of halogens is 1. The fourth-order valence-corrected chi connectivity index (χ4v) is 1.89. The van der Waals surface area contributed by atoms with E-state index in [9.17, 15) is 0 Å². The predicted octanol–water partition coefficient (Wildman–Crippen LogP) is 3.52. The summed E-state index contributed by atoms with van der Waals surface area (Å²) in [7, 11) is 0. The van der Waals surface area contributed by atoms with Crippen molar-refractivity contribution in [2.75, 3.05) is 0 Å². The third-order valence-electron chi connectivity index (χ3n) is 2.40. The minimum absolute atomic E-state index is 0.203. The average Bonchev–Trinajstić information content (AvgIpc) is 2.22. The van der Waals surface area contributed by atoms with Crippen LogP contribution >= 0.6 is 15.9 Å². The quantitative estimate of drug-likeness (QED) is 0.899. The van der Waals surface area contributed by atoms with Gasteiger partial charge in [-0.2, -0.15) is 0 Å². The number of hydrogen-bond acceptors (Lipinski definition) is 2. The molecule has 3 heteroatoms. The van der Waals surface area contributed by atoms with Crippen LogP contribution in [0.25, 0.3) is 0 Å². The van der Waals surface area contributed by atoms with E-state index in [2.05, 4.69) is 28.9 Å². The molecular formula is C13H20BrNO. The molecule has 0 aromatic heterocycles. The number of hydrogen-bond donors (Lipinski definition) is 1. The van der Waals surface area contributed by atoms with E-state index < -0.39 is 0 Å². The van der Waals surface area contributed by atoms with Crippen LogP contribution in [0.1, 0.15) is 32.8 Å². The predicted molar refractivity (Wildman–Crippen MR) is 71.9 cm³/mol. The monoisotopic (exact) mass is 285 g/mol. The summed E-state index contributed by atoms with van der Waals surface area (Å²) in [5.74, 6) is 0.913. The van der Waals surface area contributed by atoms with Gasteiger partial charge in [0.2, 0.25) is 0 Å². The minimum atomic E-state index is 0.203. The topological polar surface area (TPSA) is 35.2 Å². The van der Waals surface area contributed by atoms with Crippen LogP contribution in [-0.2, 0) is 6.42 Å². The summed E-state index contributed by atoms with van der Waals surface area (Å²) in [5, 5.41) is 0. The van der Waals surface area contributed by atoms with Gasteiger partial charge in [-0.15, -0.1) is 0 Å². The molecule has 0 bridgehead atoms. The molecule has 0 spiro atoms. The van der Waals surface area contributed by atoms with Crippen molar-refractivity contribution in [2.24, 2.45) is 5.73 Å². The van der Waals surface area contributed by atoms with Gasteiger partial charge in [-0.1, -0.05) is 22.9 Å². The fraction of sp³-hybridized carbons (Fsp3) is 0.538. The van der Waals surface area contributed by atoms with E-state index in [0.717, 1.165) is 23.1 Å². The summed E-state index contributed by atoms with van der Waals surface area (Å²) < 4.78 is 6.77. The molecule has 0 amide bonds. The van der Waals surface area contributed by atoms with Crippen LogP contribution in [0.5, 0.6) is 5.75 Å². The molecule has 1 aromatic rings. The minimum Gasteiger partial charge on any atom is -0.491 e. The molecule has 0 heterocycles. The highest BCUT2D eigenvalue weighted by Crippen LogP contribution is 2.24. The molecule has 0 aliphatic heterocycles. The standard InChI is InChI=1S/C13H20BrNO/c1-4-11(15)7-10-8-12(16-9(2)3)5-6-13(10)14/h5-6,8-9,11H,4,7,15H2,1-3H3. The van der Waals surface area contributed by atoms with Crippen molar-refractivity contribution in [3.8, 4) is 5.75 Å². The summed E-state index contributed by atoms with van der Waals surface area (Å²) >= 11 is 3.54. The van der Waals surface area contributed by atoms with Crippen molar-refractivity contribution < 1.29 is 4.74 Å². The molecule has 1 aromatic carbocycles. The Bertz CT molecular complexity index is 339. The van der Waals surface area contributed by atoms with Crippen molar-refractivity contribution in [3.05, 3.63) is 28.2 Å². The maximum atomic E-state index is 5.96. The molecule has 2 N–H and O–H groups in total. The van der Waals surface area contributed by atoms with Crippen LogP contribution in [0.2, 0.25) is 0 Å². The second-order valence-electron chi connectivity index (χ2n) is 4.29. The van der Waals surface area contributed by atoms with Gasteiger partial charge in [-0.05, 0) is 50.5 Å². The Morgan fingerprint density at radius 3 is 2.62 bits per heavy atom. The third-order valence-corrected chi connectivity index (χ3v) is 3.17. The van der Waals surface area contributed by atoms with Gasteiger partial charge in [0, 0.05) is 10.5 Å². The van der Waals surface area contributed by atoms with Crippen molar-refractivity contribution in [2.45, 2.75) is 45.8 Å². The second-order valence-corrected chi connectivity index (χ2v) is 5.15. The number of ether oxygens (including phenoxy) is 1. The van der Waals surface area contributed by atoms with E-state index in [1.54, 1.807) is 0 Å². The molecule has 0 radical (unpaired) electrons. The lowest BCUT2D eigenvalue weighted by molar-refractivity contribution is 0.242. The van der Waals surface area contributed by atoms with E-state index in [1.807, 2.05) is 26.0 Å². The normalized spacial score (nSPS) is 12.9. The van der Waals surface area contributed by atoms with Gasteiger partial charge < -0.3 is 10.5 Å². The van der Waals surface area contributed by atoms with Crippen LogP contribution in [0.4, 0.5) is 0 Å². The highest BCUT2D eigenvalue weighted by atomic mass is 79.9. The number of rotatable bonds is 5. The maximum absolute atomic E-state index is 5.96. The zero-order chi connectivity index (χ0) is 12.1. The van der Waals surface area contributed by atoms with Crippen molar-refractivity contribution in [1.29, 1.82) is 0 Å². The molecule has 1 rings (SSSR count). The van der Waals surface area contributed by atoms with E-state index in [-0.39, 0.29) is 12.1 Å². The Morgan fingerprint density at radius 1 is 1.38 bits per heavy atom. The van der Waals surface area contributed by atoms with Crippen LogP contribution in [0.15, 0.2) is 22.7 Å². The molecule has 0 aliphatic carbocycles. The Kier molecular flexibility index (Phi) is 5.29. The van der Waals surface area contributed by atoms with E-state index in [4.69, 9.17) is 10.5 Å². The van der Waals surface area contributed by atoms with E-state index in [0.29, 0.717) is 0 Å². The molecule has 0 saturated heterocycles. The summed E-state index contributed by atoms with van der Waals surface area (Å²) in [6.45, 7) is 6.16. The Labute approximate surface area is 106 Å². The maximum Gasteiger partial charge on any atom is 0.120 e. The smallest absolute Gasteiger partial charge is 0.120 e. The highest BCUT2D eigenvalue weighted by Gasteiger charge is 2.07. The van der Waals surface area contributed by atoms with Gasteiger partial charge in [-0.3, -0.25) is 0 Å². The second kappa shape index (κ2) is 6.26. The Hall–Kier alpha value is -0.540. The fourth-order valence-electron chi connectivity index (χ4n) is 1.48. The number of nitrogens with two attached hydrogens (primary N) is 1. The SMILES string of the molecule is CCC(N)Cc1cc(OC(C)C)ccc1Br. The van der Waals surface area contributed by atoms with Gasteiger partial charge in [0.15, 0.2) is 0 Å². The molecule has 0 aliphatic rings. The first-order chi connectivity index (χ1) is 7.52.